The van der Waals surface area contributed by atoms with Crippen molar-refractivity contribution in [3.63, 3.8) is 0 Å². The number of rotatable bonds is 5. The molecule has 0 spiro atoms. The average Bonchev–Trinajstić information content (AvgIpc) is 3.02. The van der Waals surface area contributed by atoms with E-state index in [1.807, 2.05) is 13.1 Å². The molecule has 1 aromatic heterocycles. The third-order valence-electron chi connectivity index (χ3n) is 4.88. The van der Waals surface area contributed by atoms with Crippen LogP contribution in [0, 0.1) is 0 Å². The summed E-state index contributed by atoms with van der Waals surface area (Å²) in [5.41, 5.74) is 2.38. The van der Waals surface area contributed by atoms with Gasteiger partial charge in [0.25, 0.3) is 0 Å². The largest absolute Gasteiger partial charge is 0.459 e. The van der Waals surface area contributed by atoms with Gasteiger partial charge < -0.3 is 9.73 Å². The van der Waals surface area contributed by atoms with E-state index in [1.54, 1.807) is 0 Å². The molecule has 0 amide bonds. The number of nitrogens with zero attached hydrogens (tertiary/aromatic N) is 1. The molecule has 1 aromatic carbocycles. The van der Waals surface area contributed by atoms with Crippen LogP contribution in [0.2, 0.25) is 0 Å². The fraction of sp³-hybridized carbons (Fsp3) is 0.556. The van der Waals surface area contributed by atoms with Crippen molar-refractivity contribution in [2.45, 2.75) is 58.3 Å². The zero-order valence-electron chi connectivity index (χ0n) is 13.4. The topological polar surface area (TPSA) is 28.4 Å². The Balaban J connectivity index is 1.96. The van der Waals surface area contributed by atoms with Crippen molar-refractivity contribution in [2.75, 3.05) is 7.05 Å². The summed E-state index contributed by atoms with van der Waals surface area (Å²) in [4.78, 5) is 2.66. The highest BCUT2D eigenvalue weighted by molar-refractivity contribution is 5.82. The minimum Gasteiger partial charge on any atom is -0.459 e. The van der Waals surface area contributed by atoms with Crippen LogP contribution in [-0.4, -0.2) is 24.0 Å². The summed E-state index contributed by atoms with van der Waals surface area (Å²) < 4.78 is 6.06. The van der Waals surface area contributed by atoms with Crippen LogP contribution in [0.5, 0.6) is 0 Å². The number of hydrogen-bond acceptors (Lipinski definition) is 3. The van der Waals surface area contributed by atoms with E-state index >= 15 is 0 Å². The summed E-state index contributed by atoms with van der Waals surface area (Å²) in [5, 5.41) is 4.51. The number of furan rings is 1. The van der Waals surface area contributed by atoms with E-state index in [9.17, 15) is 0 Å². The first-order chi connectivity index (χ1) is 10.2. The van der Waals surface area contributed by atoms with Crippen molar-refractivity contribution in [1.82, 2.24) is 10.2 Å². The SMILES string of the molecule is CCC1CCC(C)N1Cc1c(CNC)oc2ccccc12. The standard InChI is InChI=1S/C18H26N2O/c1-4-14-10-9-13(2)20(14)12-16-15-7-5-6-8-17(15)21-18(16)11-19-3/h5-8,13-14,19H,4,9-12H2,1-3H3. The van der Waals surface area contributed by atoms with Crippen LogP contribution >= 0.6 is 0 Å². The Morgan fingerprint density at radius 3 is 2.86 bits per heavy atom. The second-order valence-corrected chi connectivity index (χ2v) is 6.19. The van der Waals surface area contributed by atoms with Gasteiger partial charge in [-0.3, -0.25) is 4.90 Å². The van der Waals surface area contributed by atoms with E-state index < -0.39 is 0 Å². The summed E-state index contributed by atoms with van der Waals surface area (Å²) >= 11 is 0. The molecule has 1 aliphatic heterocycles. The van der Waals surface area contributed by atoms with Gasteiger partial charge in [-0.1, -0.05) is 25.1 Å². The van der Waals surface area contributed by atoms with Gasteiger partial charge in [-0.25, -0.2) is 0 Å². The molecule has 114 valence electrons. The van der Waals surface area contributed by atoms with Crippen molar-refractivity contribution in [1.29, 1.82) is 0 Å². The van der Waals surface area contributed by atoms with E-state index in [4.69, 9.17) is 4.42 Å². The molecule has 2 heterocycles. The summed E-state index contributed by atoms with van der Waals surface area (Å²) in [6, 6.07) is 9.81. The van der Waals surface area contributed by atoms with Gasteiger partial charge in [0, 0.05) is 29.6 Å². The molecular weight excluding hydrogens is 260 g/mol. The molecule has 2 unspecified atom stereocenters. The first-order valence-electron chi connectivity index (χ1n) is 8.14. The predicted octanol–water partition coefficient (Wildman–Crippen LogP) is 3.92. The first kappa shape index (κ1) is 14.6. The van der Waals surface area contributed by atoms with E-state index in [0.717, 1.165) is 30.5 Å². The fourth-order valence-corrected chi connectivity index (χ4v) is 3.66. The van der Waals surface area contributed by atoms with Crippen LogP contribution in [0.1, 0.15) is 44.4 Å². The quantitative estimate of drug-likeness (QED) is 0.903. The molecule has 0 radical (unpaired) electrons. The number of nitrogens with one attached hydrogen (secondary N) is 1. The van der Waals surface area contributed by atoms with E-state index in [1.165, 1.54) is 30.2 Å². The molecule has 0 saturated carbocycles. The molecule has 2 aromatic rings. The lowest BCUT2D eigenvalue weighted by atomic mass is 10.1. The van der Waals surface area contributed by atoms with Crippen LogP contribution < -0.4 is 5.32 Å². The molecule has 1 N–H and O–H groups in total. The fourth-order valence-electron chi connectivity index (χ4n) is 3.66. The molecule has 21 heavy (non-hydrogen) atoms. The molecule has 3 heteroatoms. The molecule has 3 rings (SSSR count). The zero-order chi connectivity index (χ0) is 14.8. The van der Waals surface area contributed by atoms with Gasteiger partial charge in [-0.2, -0.15) is 0 Å². The maximum atomic E-state index is 6.06. The van der Waals surface area contributed by atoms with Crippen LogP contribution in [0.25, 0.3) is 11.0 Å². The Hall–Kier alpha value is -1.32. The first-order valence-corrected chi connectivity index (χ1v) is 8.14. The lowest BCUT2D eigenvalue weighted by molar-refractivity contribution is 0.189. The number of likely N-dealkylation sites (tertiary alicyclic amines) is 1. The van der Waals surface area contributed by atoms with Crippen LogP contribution in [0.3, 0.4) is 0 Å². The molecule has 3 nitrogen and oxygen atoms in total. The molecule has 1 fully saturated rings. The lowest BCUT2D eigenvalue weighted by Gasteiger charge is -2.27. The number of hydrogen-bond donors (Lipinski definition) is 1. The van der Waals surface area contributed by atoms with Crippen molar-refractivity contribution in [3.05, 3.63) is 35.6 Å². The van der Waals surface area contributed by atoms with E-state index in [0.29, 0.717) is 6.04 Å². The Bertz CT molecular complexity index is 604. The zero-order valence-corrected chi connectivity index (χ0v) is 13.4. The highest BCUT2D eigenvalue weighted by Crippen LogP contribution is 2.32. The molecule has 2 atom stereocenters. The molecule has 1 aliphatic rings. The molecule has 0 aliphatic carbocycles. The van der Waals surface area contributed by atoms with Crippen LogP contribution in [0.4, 0.5) is 0 Å². The van der Waals surface area contributed by atoms with Crippen molar-refractivity contribution in [2.24, 2.45) is 0 Å². The lowest BCUT2D eigenvalue weighted by Crippen LogP contribution is -2.33. The summed E-state index contributed by atoms with van der Waals surface area (Å²) in [6.45, 7) is 6.46. The highest BCUT2D eigenvalue weighted by Gasteiger charge is 2.30. The minimum absolute atomic E-state index is 0.672. The average molecular weight is 286 g/mol. The number of para-hydroxylation sites is 1. The Kier molecular flexibility index (Phi) is 4.32. The molecular formula is C18H26N2O. The smallest absolute Gasteiger partial charge is 0.134 e. The van der Waals surface area contributed by atoms with Gasteiger partial charge >= 0.3 is 0 Å². The molecule has 0 bridgehead atoms. The maximum absolute atomic E-state index is 6.06. The maximum Gasteiger partial charge on any atom is 0.134 e. The van der Waals surface area contributed by atoms with Crippen molar-refractivity contribution in [3.8, 4) is 0 Å². The normalized spacial score (nSPS) is 23.2. The number of benzene rings is 1. The van der Waals surface area contributed by atoms with Gasteiger partial charge in [0.1, 0.15) is 11.3 Å². The third kappa shape index (κ3) is 2.72. The van der Waals surface area contributed by atoms with Crippen molar-refractivity contribution >= 4 is 11.0 Å². The second-order valence-electron chi connectivity index (χ2n) is 6.19. The third-order valence-corrected chi connectivity index (χ3v) is 4.88. The van der Waals surface area contributed by atoms with Crippen LogP contribution in [-0.2, 0) is 13.1 Å². The Morgan fingerprint density at radius 1 is 1.29 bits per heavy atom. The monoisotopic (exact) mass is 286 g/mol. The molecule has 1 saturated heterocycles. The predicted molar refractivity (Wildman–Crippen MR) is 87.3 cm³/mol. The summed E-state index contributed by atoms with van der Waals surface area (Å²) in [5.74, 6) is 1.09. The second kappa shape index (κ2) is 6.20. The number of fused-ring (bicyclic) bond motifs is 1. The van der Waals surface area contributed by atoms with Gasteiger partial charge in [0.05, 0.1) is 6.54 Å². The van der Waals surface area contributed by atoms with Gasteiger partial charge in [-0.05, 0) is 39.3 Å². The Morgan fingerprint density at radius 2 is 2.10 bits per heavy atom. The van der Waals surface area contributed by atoms with Gasteiger partial charge in [0.15, 0.2) is 0 Å². The summed E-state index contributed by atoms with van der Waals surface area (Å²) in [6.07, 6.45) is 3.88. The van der Waals surface area contributed by atoms with E-state index in [-0.39, 0.29) is 0 Å². The van der Waals surface area contributed by atoms with Crippen molar-refractivity contribution < 1.29 is 4.42 Å². The highest BCUT2D eigenvalue weighted by atomic mass is 16.3. The van der Waals surface area contributed by atoms with Gasteiger partial charge in [0.2, 0.25) is 0 Å². The van der Waals surface area contributed by atoms with Gasteiger partial charge in [-0.15, -0.1) is 0 Å². The van der Waals surface area contributed by atoms with E-state index in [2.05, 4.69) is 42.3 Å². The summed E-state index contributed by atoms with van der Waals surface area (Å²) in [7, 11) is 1.98. The minimum atomic E-state index is 0.672. The van der Waals surface area contributed by atoms with Crippen LogP contribution in [0.15, 0.2) is 28.7 Å². The Labute approximate surface area is 127 Å².